The molecule has 0 amide bonds. The van der Waals surface area contributed by atoms with Gasteiger partial charge in [0.1, 0.15) is 6.10 Å². The van der Waals surface area contributed by atoms with E-state index < -0.39 is 17.8 Å². The van der Waals surface area contributed by atoms with Gasteiger partial charge in [-0.15, -0.1) is 0 Å². The Morgan fingerprint density at radius 2 is 1.58 bits per heavy atom. The van der Waals surface area contributed by atoms with Crippen molar-refractivity contribution in [2.24, 2.45) is 50.7 Å². The maximum Gasteiger partial charge on any atom is 0.170 e. The van der Waals surface area contributed by atoms with E-state index in [1.165, 1.54) is 38.5 Å². The molecule has 3 saturated heterocycles. The van der Waals surface area contributed by atoms with Crippen molar-refractivity contribution < 1.29 is 33.9 Å². The molecule has 5 aliphatic carbocycles. The molecule has 3 heterocycles. The predicted molar refractivity (Wildman–Crippen MR) is 192 cm³/mol. The zero-order chi connectivity index (χ0) is 35.5. The fraction of sp³-hybridized carbons (Fsp3) is 1.00. The summed E-state index contributed by atoms with van der Waals surface area (Å²) in [6, 6.07) is 0. The summed E-state index contributed by atoms with van der Waals surface area (Å²) in [5.74, 6) is 1.84. The first-order chi connectivity index (χ1) is 23.6. The lowest BCUT2D eigenvalue weighted by atomic mass is 9.41. The van der Waals surface area contributed by atoms with E-state index in [-0.39, 0.29) is 40.8 Å². The molecule has 9 heteroatoms. The molecule has 3 aliphatic heterocycles. The van der Waals surface area contributed by atoms with Crippen LogP contribution in [-0.2, 0) is 23.7 Å². The quantitative estimate of drug-likeness (QED) is 0.364. The Balaban J connectivity index is 0.971. The summed E-state index contributed by atoms with van der Waals surface area (Å²) in [7, 11) is 1.68. The number of aliphatic hydroxyl groups excluding tert-OH is 1. The lowest BCUT2D eigenvalue weighted by Gasteiger charge is -2.64. The van der Waals surface area contributed by atoms with Crippen LogP contribution in [0.25, 0.3) is 0 Å². The van der Waals surface area contributed by atoms with Gasteiger partial charge in [0, 0.05) is 51.8 Å². The molecule has 8 rings (SSSR count). The summed E-state index contributed by atoms with van der Waals surface area (Å²) in [5, 5.41) is 23.6. The van der Waals surface area contributed by atoms with Crippen molar-refractivity contribution in [2.75, 3.05) is 66.2 Å². The molecule has 0 aromatic carbocycles. The molecule has 5 saturated carbocycles. The highest BCUT2D eigenvalue weighted by molar-refractivity contribution is 5.33. The van der Waals surface area contributed by atoms with Gasteiger partial charge >= 0.3 is 0 Å². The first-order valence-corrected chi connectivity index (χ1v) is 20.5. The van der Waals surface area contributed by atoms with Gasteiger partial charge in [0.25, 0.3) is 0 Å². The van der Waals surface area contributed by atoms with Gasteiger partial charge in [-0.2, -0.15) is 0 Å². The number of fused-ring (bicyclic) bond motifs is 4. The molecule has 0 radical (unpaired) electrons. The first kappa shape index (κ1) is 36.6. The molecule has 9 nitrogen and oxygen atoms in total. The Morgan fingerprint density at radius 1 is 0.900 bits per heavy atom. The van der Waals surface area contributed by atoms with E-state index in [1.54, 1.807) is 7.11 Å². The van der Waals surface area contributed by atoms with Crippen LogP contribution in [0.3, 0.4) is 0 Å². The molecule has 0 aromatic heterocycles. The minimum absolute atomic E-state index is 0.0209. The van der Waals surface area contributed by atoms with Crippen molar-refractivity contribution in [3.63, 3.8) is 0 Å². The topological polar surface area (TPSA) is 93.1 Å². The second-order valence-corrected chi connectivity index (χ2v) is 20.0. The lowest BCUT2D eigenvalue weighted by molar-refractivity contribution is -0.249. The summed E-state index contributed by atoms with van der Waals surface area (Å²) < 4.78 is 31.6. The molecule has 1 unspecified atom stereocenters. The van der Waals surface area contributed by atoms with Gasteiger partial charge in [-0.1, -0.05) is 34.6 Å². The van der Waals surface area contributed by atoms with E-state index in [9.17, 15) is 10.2 Å². The largest absolute Gasteiger partial charge is 0.390 e. The fourth-order valence-corrected chi connectivity index (χ4v) is 14.9. The lowest BCUT2D eigenvalue weighted by Crippen LogP contribution is -2.60. The average molecular weight is 703 g/mol. The number of ether oxygens (including phenoxy) is 5. The van der Waals surface area contributed by atoms with E-state index in [0.717, 1.165) is 71.9 Å². The highest BCUT2D eigenvalue weighted by Gasteiger charge is 2.84. The van der Waals surface area contributed by atoms with E-state index in [2.05, 4.69) is 44.4 Å². The first-order valence-electron chi connectivity index (χ1n) is 20.5. The Kier molecular flexibility index (Phi) is 9.22. The third-order valence-corrected chi connectivity index (χ3v) is 17.3. The van der Waals surface area contributed by atoms with Gasteiger partial charge in [-0.3, -0.25) is 9.80 Å². The van der Waals surface area contributed by atoms with Crippen LogP contribution in [0, 0.1) is 50.7 Å². The second kappa shape index (κ2) is 12.6. The Hall–Kier alpha value is -0.360. The highest BCUT2D eigenvalue weighted by atomic mass is 16.7. The maximum absolute atomic E-state index is 12.6. The number of rotatable bonds is 8. The number of hydrogen-bond acceptors (Lipinski definition) is 9. The average Bonchev–Trinajstić information content (AvgIpc) is 3.70. The van der Waals surface area contributed by atoms with Crippen LogP contribution in [0.1, 0.15) is 99.8 Å². The third-order valence-electron chi connectivity index (χ3n) is 17.3. The van der Waals surface area contributed by atoms with Gasteiger partial charge in [0.05, 0.1) is 49.8 Å². The van der Waals surface area contributed by atoms with Gasteiger partial charge in [-0.05, 0) is 111 Å². The van der Waals surface area contributed by atoms with Gasteiger partial charge < -0.3 is 33.9 Å². The number of morpholine rings is 2. The zero-order valence-electron chi connectivity index (χ0n) is 32.6. The van der Waals surface area contributed by atoms with Crippen molar-refractivity contribution in [3.8, 4) is 0 Å². The van der Waals surface area contributed by atoms with Crippen LogP contribution < -0.4 is 0 Å². The number of hydrogen-bond donors (Lipinski definition) is 2. The fourth-order valence-electron chi connectivity index (χ4n) is 14.9. The molecule has 2 spiro atoms. The zero-order valence-corrected chi connectivity index (χ0v) is 32.6. The van der Waals surface area contributed by atoms with Gasteiger partial charge in [0.15, 0.2) is 6.29 Å². The number of aliphatic hydroxyl groups is 2. The second-order valence-electron chi connectivity index (χ2n) is 20.0. The minimum atomic E-state index is -1.01. The summed E-state index contributed by atoms with van der Waals surface area (Å²) in [6.45, 7) is 24.5. The minimum Gasteiger partial charge on any atom is -0.390 e. The summed E-state index contributed by atoms with van der Waals surface area (Å²) in [5.41, 5.74) is -0.456. The predicted octanol–water partition coefficient (Wildman–Crippen LogP) is 4.96. The van der Waals surface area contributed by atoms with Crippen molar-refractivity contribution in [2.45, 2.75) is 142 Å². The molecular weight excluding hydrogens is 632 g/mol. The Morgan fingerprint density at radius 3 is 2.30 bits per heavy atom. The van der Waals surface area contributed by atoms with Crippen LogP contribution in [0.4, 0.5) is 0 Å². The molecule has 2 N–H and O–H groups in total. The van der Waals surface area contributed by atoms with Gasteiger partial charge in [-0.25, -0.2) is 0 Å². The molecule has 8 aliphatic rings. The van der Waals surface area contributed by atoms with Crippen LogP contribution in [-0.4, -0.2) is 129 Å². The highest BCUT2D eigenvalue weighted by Crippen LogP contribution is 2.89. The number of nitrogens with zero attached hydrogens (tertiary/aromatic N) is 2. The Bertz CT molecular complexity index is 1250. The van der Waals surface area contributed by atoms with Gasteiger partial charge in [0.2, 0.25) is 0 Å². The van der Waals surface area contributed by atoms with Crippen molar-refractivity contribution in [3.05, 3.63) is 0 Å². The maximum atomic E-state index is 12.6. The molecule has 286 valence electrons. The van der Waals surface area contributed by atoms with E-state index in [1.807, 2.05) is 13.8 Å². The van der Waals surface area contributed by atoms with Crippen molar-refractivity contribution >= 4 is 0 Å². The van der Waals surface area contributed by atoms with E-state index in [4.69, 9.17) is 23.7 Å². The summed E-state index contributed by atoms with van der Waals surface area (Å²) >= 11 is 0. The van der Waals surface area contributed by atoms with Crippen molar-refractivity contribution in [1.29, 1.82) is 0 Å². The van der Waals surface area contributed by atoms with E-state index in [0.29, 0.717) is 34.5 Å². The molecule has 8 fully saturated rings. The van der Waals surface area contributed by atoms with E-state index >= 15 is 0 Å². The molecule has 50 heavy (non-hydrogen) atoms. The summed E-state index contributed by atoms with van der Waals surface area (Å²) in [4.78, 5) is 5.06. The molecular formula is C41H70N2O7. The third kappa shape index (κ3) is 5.24. The Labute approximate surface area is 302 Å². The van der Waals surface area contributed by atoms with Crippen molar-refractivity contribution in [1.82, 2.24) is 9.80 Å². The monoisotopic (exact) mass is 703 g/mol. The SMILES string of the molecule is CO[C@@H]([C@H]1C[C@@H](C)[C@H]2[C@H](O1)[C@H](O)[C@@]1(C)[C@@H]3CC[C@H]4C(C)(C)[C@@H](O[C@H]5CN(CCN6CCOCC6)CCO5)CCC45C[C@@]35CC[C@]21C)C(C)(C)O. The normalized spacial score (nSPS) is 51.1. The molecule has 14 atom stereocenters. The smallest absolute Gasteiger partial charge is 0.170 e. The molecule has 0 aromatic rings. The number of methoxy groups -OCH3 is 1. The van der Waals surface area contributed by atoms with Crippen LogP contribution in [0.2, 0.25) is 0 Å². The van der Waals surface area contributed by atoms with Crippen LogP contribution in [0.15, 0.2) is 0 Å². The standard InChI is InChI=1S/C41H70N2O7/c1-26-23-27(35(46-8)37(4,5)45)49-33-32(26)38(6)13-14-41-25-40(41)12-11-30(36(2,3)28(40)9-10-29(41)39(38,7)34(33)44)50-31-24-43(19-22-48-31)16-15-42-17-20-47-21-18-42/h26-35,44-45H,9-25H2,1-8H3/t26-,27-,28+,29+,30+,31+,32+,33+,34+,35+,38-,39-,40?,41+/m1/s1. The summed E-state index contributed by atoms with van der Waals surface area (Å²) in [6.07, 6.45) is 8.03. The van der Waals surface area contributed by atoms with Crippen LogP contribution in [0.5, 0.6) is 0 Å². The van der Waals surface area contributed by atoms with Crippen LogP contribution >= 0.6 is 0 Å². The molecule has 0 bridgehead atoms.